The molecule has 0 aromatic rings. The van der Waals surface area contributed by atoms with Crippen molar-refractivity contribution in [2.24, 2.45) is 22.7 Å². The number of carbonyl (C=O) groups excluding carboxylic acids is 2. The standard InChI is InChI=1S/C26H35FO4Si/c1-16(31-32(5,6)7)20-10-11-21-22-9-8-18-14-19(29)12-13-25(18,4)26(22,27)23(30-17(2)28)15-24(20,21)3/h10,12-14,21-23H,1,8-9,11,15H2,2-7H3/t21-,22-,23?,24+,25-,26-/m0/s1. The molecule has 0 aliphatic heterocycles. The van der Waals surface area contributed by atoms with Crippen LogP contribution in [0.3, 0.4) is 0 Å². The maximum atomic E-state index is 17.5. The first kappa shape index (κ1) is 23.2. The van der Waals surface area contributed by atoms with Crippen LogP contribution in [0.4, 0.5) is 4.39 Å². The van der Waals surface area contributed by atoms with Crippen LogP contribution in [0.25, 0.3) is 0 Å². The Bertz CT molecular complexity index is 973. The fourth-order valence-electron chi connectivity index (χ4n) is 6.93. The van der Waals surface area contributed by atoms with Gasteiger partial charge < -0.3 is 9.16 Å². The van der Waals surface area contributed by atoms with Crippen molar-refractivity contribution in [3.05, 3.63) is 47.8 Å². The van der Waals surface area contributed by atoms with Crippen LogP contribution in [0.15, 0.2) is 47.8 Å². The molecule has 0 bridgehead atoms. The van der Waals surface area contributed by atoms with E-state index in [1.54, 1.807) is 12.2 Å². The van der Waals surface area contributed by atoms with Crippen molar-refractivity contribution < 1.29 is 23.1 Å². The zero-order valence-electron chi connectivity index (χ0n) is 20.1. The normalized spacial score (nSPS) is 40.5. The van der Waals surface area contributed by atoms with Gasteiger partial charge in [0.1, 0.15) is 6.10 Å². The highest BCUT2D eigenvalue weighted by Gasteiger charge is 2.70. The van der Waals surface area contributed by atoms with E-state index in [-0.39, 0.29) is 23.0 Å². The second-order valence-corrected chi connectivity index (χ2v) is 15.8. The van der Waals surface area contributed by atoms with Crippen LogP contribution in [0.5, 0.6) is 0 Å². The third-order valence-corrected chi connectivity index (χ3v) is 9.09. The average molecular weight is 459 g/mol. The highest BCUT2D eigenvalue weighted by Crippen LogP contribution is 2.68. The van der Waals surface area contributed by atoms with E-state index < -0.39 is 31.5 Å². The Labute approximate surface area is 191 Å². The molecule has 4 nitrogen and oxygen atoms in total. The number of hydrogen-bond donors (Lipinski definition) is 0. The van der Waals surface area contributed by atoms with Gasteiger partial charge in [-0.25, -0.2) is 4.39 Å². The third-order valence-electron chi connectivity index (χ3n) is 8.24. The van der Waals surface area contributed by atoms with Crippen molar-refractivity contribution in [3.63, 3.8) is 0 Å². The van der Waals surface area contributed by atoms with E-state index in [2.05, 4.69) is 39.2 Å². The Morgan fingerprint density at radius 2 is 1.94 bits per heavy atom. The number of fused-ring (bicyclic) bond motifs is 5. The first-order valence-electron chi connectivity index (χ1n) is 11.6. The molecule has 0 aromatic carbocycles. The second kappa shape index (κ2) is 7.27. The monoisotopic (exact) mass is 458 g/mol. The number of esters is 1. The summed E-state index contributed by atoms with van der Waals surface area (Å²) in [5, 5.41) is 0. The number of ketones is 1. The van der Waals surface area contributed by atoms with Gasteiger partial charge in [-0.05, 0) is 75.9 Å². The molecule has 0 radical (unpaired) electrons. The van der Waals surface area contributed by atoms with Crippen molar-refractivity contribution in [1.82, 2.24) is 0 Å². The summed E-state index contributed by atoms with van der Waals surface area (Å²) in [6.45, 7) is 16.0. The van der Waals surface area contributed by atoms with Gasteiger partial charge in [0.2, 0.25) is 8.32 Å². The molecule has 4 aliphatic carbocycles. The van der Waals surface area contributed by atoms with Gasteiger partial charge >= 0.3 is 5.97 Å². The molecular weight excluding hydrogens is 423 g/mol. The molecule has 0 amide bonds. The number of alkyl halides is 1. The molecule has 0 saturated heterocycles. The van der Waals surface area contributed by atoms with Crippen LogP contribution in [-0.4, -0.2) is 31.8 Å². The van der Waals surface area contributed by atoms with Gasteiger partial charge in [0.05, 0.1) is 5.76 Å². The number of allylic oxidation sites excluding steroid dienone is 6. The third kappa shape index (κ3) is 3.28. The summed E-state index contributed by atoms with van der Waals surface area (Å²) >= 11 is 0. The molecular formula is C26H35FO4Si. The van der Waals surface area contributed by atoms with E-state index >= 15 is 4.39 Å². The number of halogens is 1. The zero-order chi connectivity index (χ0) is 23.7. The van der Waals surface area contributed by atoms with Gasteiger partial charge in [-0.15, -0.1) is 0 Å². The van der Waals surface area contributed by atoms with Gasteiger partial charge in [-0.3, -0.25) is 9.59 Å². The molecule has 4 aliphatic rings. The van der Waals surface area contributed by atoms with E-state index in [0.717, 1.165) is 17.6 Å². The summed E-state index contributed by atoms with van der Waals surface area (Å²) in [6.07, 6.45) is 8.42. The van der Waals surface area contributed by atoms with E-state index in [9.17, 15) is 9.59 Å². The molecule has 2 saturated carbocycles. The lowest BCUT2D eigenvalue weighted by atomic mass is 9.45. The zero-order valence-corrected chi connectivity index (χ0v) is 21.1. The highest BCUT2D eigenvalue weighted by atomic mass is 28.4. The molecule has 0 heterocycles. The second-order valence-electron chi connectivity index (χ2n) is 11.3. The summed E-state index contributed by atoms with van der Waals surface area (Å²) in [7, 11) is -1.86. The molecule has 2 fully saturated rings. The summed E-state index contributed by atoms with van der Waals surface area (Å²) in [6, 6.07) is 0. The molecule has 32 heavy (non-hydrogen) atoms. The van der Waals surface area contributed by atoms with Gasteiger partial charge in [0.15, 0.2) is 11.5 Å². The molecule has 4 rings (SSSR count). The molecule has 6 atom stereocenters. The highest BCUT2D eigenvalue weighted by molar-refractivity contribution is 6.70. The predicted octanol–water partition coefficient (Wildman–Crippen LogP) is 5.83. The van der Waals surface area contributed by atoms with Crippen LogP contribution in [0, 0.1) is 22.7 Å². The van der Waals surface area contributed by atoms with Crippen molar-refractivity contribution in [2.45, 2.75) is 77.9 Å². The predicted molar refractivity (Wildman–Crippen MR) is 125 cm³/mol. The van der Waals surface area contributed by atoms with Crippen LogP contribution >= 0.6 is 0 Å². The van der Waals surface area contributed by atoms with E-state index in [4.69, 9.17) is 9.16 Å². The van der Waals surface area contributed by atoms with E-state index in [0.29, 0.717) is 25.0 Å². The number of hydrogen-bond acceptors (Lipinski definition) is 4. The maximum absolute atomic E-state index is 17.5. The Hall–Kier alpha value is -1.95. The van der Waals surface area contributed by atoms with Crippen molar-refractivity contribution >= 4 is 20.1 Å². The number of rotatable bonds is 4. The smallest absolute Gasteiger partial charge is 0.303 e. The fraction of sp³-hybridized carbons (Fsp3) is 0.615. The van der Waals surface area contributed by atoms with Gasteiger partial charge in [-0.2, -0.15) is 0 Å². The van der Waals surface area contributed by atoms with Gasteiger partial charge in [-0.1, -0.05) is 31.2 Å². The van der Waals surface area contributed by atoms with Gasteiger partial charge in [0, 0.05) is 23.7 Å². The Morgan fingerprint density at radius 3 is 2.56 bits per heavy atom. The molecule has 0 N–H and O–H groups in total. The van der Waals surface area contributed by atoms with Gasteiger partial charge in [0.25, 0.3) is 0 Å². The van der Waals surface area contributed by atoms with Crippen molar-refractivity contribution in [2.75, 3.05) is 0 Å². The number of ether oxygens (including phenoxy) is 1. The summed E-state index contributed by atoms with van der Waals surface area (Å²) in [5.74, 6) is -0.162. The Balaban J connectivity index is 1.78. The van der Waals surface area contributed by atoms with Crippen LogP contribution in [-0.2, 0) is 18.8 Å². The quantitative estimate of drug-likeness (QED) is 0.302. The molecule has 174 valence electrons. The van der Waals surface area contributed by atoms with Crippen molar-refractivity contribution in [1.29, 1.82) is 0 Å². The Morgan fingerprint density at radius 1 is 1.25 bits per heavy atom. The number of carbonyl (C=O) groups is 2. The summed E-state index contributed by atoms with van der Waals surface area (Å²) < 4.78 is 29.6. The average Bonchev–Trinajstić information content (AvgIpc) is 2.98. The van der Waals surface area contributed by atoms with Crippen molar-refractivity contribution in [3.8, 4) is 0 Å². The summed E-state index contributed by atoms with van der Waals surface area (Å²) in [5.41, 5.74) is -1.30. The summed E-state index contributed by atoms with van der Waals surface area (Å²) in [4.78, 5) is 24.2. The largest absolute Gasteiger partial charge is 0.545 e. The Kier molecular flexibility index (Phi) is 5.28. The minimum atomic E-state index is -1.86. The first-order chi connectivity index (χ1) is 14.7. The molecule has 6 heteroatoms. The molecule has 0 spiro atoms. The fourth-order valence-corrected chi connectivity index (χ4v) is 7.78. The lowest BCUT2D eigenvalue weighted by Gasteiger charge is -2.62. The first-order valence-corrected chi connectivity index (χ1v) is 15.0. The lowest BCUT2D eigenvalue weighted by molar-refractivity contribution is -0.206. The maximum Gasteiger partial charge on any atom is 0.303 e. The SMILES string of the molecule is C=C(O[Si](C)(C)C)C1=CC[C@H]2[C@@H]3CCC4=CC(=O)C=C[C@]4(C)[C@@]3(F)C(OC(C)=O)C[C@]12C. The molecule has 1 unspecified atom stereocenters. The topological polar surface area (TPSA) is 52.6 Å². The van der Waals surface area contributed by atoms with Crippen LogP contribution in [0.2, 0.25) is 19.6 Å². The van der Waals surface area contributed by atoms with Crippen LogP contribution < -0.4 is 0 Å². The van der Waals surface area contributed by atoms with E-state index in [1.165, 1.54) is 13.0 Å². The molecule has 0 aromatic heterocycles. The minimum Gasteiger partial charge on any atom is -0.545 e. The van der Waals surface area contributed by atoms with Crippen LogP contribution in [0.1, 0.15) is 46.5 Å². The lowest BCUT2D eigenvalue weighted by Crippen LogP contribution is -2.67. The minimum absolute atomic E-state index is 0.0562. The van der Waals surface area contributed by atoms with E-state index in [1.807, 2.05) is 6.92 Å².